The lowest BCUT2D eigenvalue weighted by Crippen LogP contribution is -2.52. The SMILES string of the molecule is CN=C(NCc1ccccc1CN1CCOCC1)N1CCN(c2ccc(F)cc2)CC1.I. The number of aliphatic imine (C=N–C) groups is 1. The number of benzene rings is 2. The molecule has 174 valence electrons. The fourth-order valence-corrected chi connectivity index (χ4v) is 4.22. The van der Waals surface area contributed by atoms with Gasteiger partial charge in [-0.3, -0.25) is 9.89 Å². The third-order valence-electron chi connectivity index (χ3n) is 6.04. The van der Waals surface area contributed by atoms with E-state index in [4.69, 9.17) is 4.74 Å². The number of halogens is 2. The van der Waals surface area contributed by atoms with Gasteiger partial charge in [-0.15, -0.1) is 24.0 Å². The summed E-state index contributed by atoms with van der Waals surface area (Å²) in [4.78, 5) is 11.6. The van der Waals surface area contributed by atoms with Crippen molar-refractivity contribution in [2.24, 2.45) is 4.99 Å². The third-order valence-corrected chi connectivity index (χ3v) is 6.04. The summed E-state index contributed by atoms with van der Waals surface area (Å²) in [5.41, 5.74) is 3.73. The smallest absolute Gasteiger partial charge is 0.194 e. The number of anilines is 1. The van der Waals surface area contributed by atoms with Crippen molar-refractivity contribution in [2.75, 3.05) is 64.4 Å². The van der Waals surface area contributed by atoms with Gasteiger partial charge in [-0.25, -0.2) is 4.39 Å². The first-order chi connectivity index (χ1) is 15.2. The Morgan fingerprint density at radius 2 is 1.59 bits per heavy atom. The van der Waals surface area contributed by atoms with Crippen molar-refractivity contribution < 1.29 is 9.13 Å². The molecule has 6 nitrogen and oxygen atoms in total. The molecular weight excluding hydrogens is 520 g/mol. The lowest BCUT2D eigenvalue weighted by molar-refractivity contribution is 0.0341. The van der Waals surface area contributed by atoms with E-state index in [0.29, 0.717) is 0 Å². The Hall–Kier alpha value is -1.91. The Morgan fingerprint density at radius 3 is 2.25 bits per heavy atom. The van der Waals surface area contributed by atoms with Gasteiger partial charge in [0.25, 0.3) is 0 Å². The van der Waals surface area contributed by atoms with Crippen molar-refractivity contribution in [1.82, 2.24) is 15.1 Å². The van der Waals surface area contributed by atoms with Crippen LogP contribution < -0.4 is 10.2 Å². The fourth-order valence-electron chi connectivity index (χ4n) is 4.22. The number of hydrogen-bond donors (Lipinski definition) is 1. The molecule has 2 saturated heterocycles. The molecule has 0 spiro atoms. The first-order valence-corrected chi connectivity index (χ1v) is 11.1. The van der Waals surface area contributed by atoms with E-state index in [0.717, 1.165) is 77.2 Å². The lowest BCUT2D eigenvalue weighted by Gasteiger charge is -2.37. The minimum Gasteiger partial charge on any atom is -0.379 e. The summed E-state index contributed by atoms with van der Waals surface area (Å²) in [6, 6.07) is 15.4. The van der Waals surface area contributed by atoms with Gasteiger partial charge < -0.3 is 19.9 Å². The molecule has 8 heteroatoms. The summed E-state index contributed by atoms with van der Waals surface area (Å²) >= 11 is 0. The van der Waals surface area contributed by atoms with Crippen LogP contribution in [0.1, 0.15) is 11.1 Å². The van der Waals surface area contributed by atoms with E-state index in [2.05, 4.69) is 49.3 Å². The number of ether oxygens (including phenoxy) is 1. The van der Waals surface area contributed by atoms with Crippen LogP contribution in [0.25, 0.3) is 0 Å². The zero-order valence-corrected chi connectivity index (χ0v) is 21.0. The van der Waals surface area contributed by atoms with Crippen molar-refractivity contribution in [3.63, 3.8) is 0 Å². The number of nitrogens with zero attached hydrogens (tertiary/aromatic N) is 4. The molecule has 2 aliphatic heterocycles. The molecule has 2 aliphatic rings. The van der Waals surface area contributed by atoms with Crippen LogP contribution in [-0.4, -0.2) is 75.3 Å². The van der Waals surface area contributed by atoms with Gasteiger partial charge in [0.2, 0.25) is 0 Å². The molecular formula is C24H33FIN5O. The number of morpholine rings is 1. The van der Waals surface area contributed by atoms with E-state index in [-0.39, 0.29) is 29.8 Å². The Kier molecular flexibility index (Phi) is 9.55. The van der Waals surface area contributed by atoms with Crippen molar-refractivity contribution in [2.45, 2.75) is 13.1 Å². The summed E-state index contributed by atoms with van der Waals surface area (Å²) in [5.74, 6) is 0.737. The number of guanidine groups is 1. The maximum atomic E-state index is 13.2. The maximum absolute atomic E-state index is 13.2. The zero-order chi connectivity index (χ0) is 21.5. The highest BCUT2D eigenvalue weighted by Crippen LogP contribution is 2.17. The predicted octanol–water partition coefficient (Wildman–Crippen LogP) is 3.17. The molecule has 0 unspecified atom stereocenters. The monoisotopic (exact) mass is 553 g/mol. The Bertz CT molecular complexity index is 865. The molecule has 4 rings (SSSR count). The van der Waals surface area contributed by atoms with E-state index in [1.807, 2.05) is 19.2 Å². The van der Waals surface area contributed by atoms with E-state index in [1.165, 1.54) is 23.3 Å². The molecule has 0 amide bonds. The molecule has 1 N–H and O–H groups in total. The highest BCUT2D eigenvalue weighted by molar-refractivity contribution is 14.0. The second-order valence-electron chi connectivity index (χ2n) is 8.01. The van der Waals surface area contributed by atoms with E-state index in [9.17, 15) is 4.39 Å². The van der Waals surface area contributed by atoms with Gasteiger partial charge in [-0.1, -0.05) is 24.3 Å². The van der Waals surface area contributed by atoms with Crippen molar-refractivity contribution in [1.29, 1.82) is 0 Å². The van der Waals surface area contributed by atoms with Crippen LogP contribution in [-0.2, 0) is 17.8 Å². The number of hydrogen-bond acceptors (Lipinski definition) is 4. The van der Waals surface area contributed by atoms with Crippen LogP contribution in [0, 0.1) is 5.82 Å². The molecule has 0 atom stereocenters. The summed E-state index contributed by atoms with van der Waals surface area (Å²) < 4.78 is 18.7. The van der Waals surface area contributed by atoms with E-state index in [1.54, 1.807) is 0 Å². The molecule has 0 saturated carbocycles. The molecule has 0 radical (unpaired) electrons. The highest BCUT2D eigenvalue weighted by atomic mass is 127. The molecule has 0 aromatic heterocycles. The first-order valence-electron chi connectivity index (χ1n) is 11.1. The molecule has 0 bridgehead atoms. The maximum Gasteiger partial charge on any atom is 0.194 e. The molecule has 0 aliphatic carbocycles. The fraction of sp³-hybridized carbons (Fsp3) is 0.458. The third kappa shape index (κ3) is 6.55. The number of rotatable bonds is 5. The van der Waals surface area contributed by atoms with E-state index >= 15 is 0 Å². The number of piperazine rings is 1. The topological polar surface area (TPSA) is 43.3 Å². The molecule has 2 heterocycles. The predicted molar refractivity (Wildman–Crippen MR) is 138 cm³/mol. The lowest BCUT2D eigenvalue weighted by atomic mass is 10.1. The van der Waals surface area contributed by atoms with Gasteiger partial charge in [0.1, 0.15) is 5.82 Å². The van der Waals surface area contributed by atoms with Crippen molar-refractivity contribution in [3.8, 4) is 0 Å². The Balaban J connectivity index is 0.00000289. The second-order valence-corrected chi connectivity index (χ2v) is 8.01. The van der Waals surface area contributed by atoms with Crippen LogP contribution in [0.15, 0.2) is 53.5 Å². The first kappa shape index (κ1) is 24.7. The van der Waals surface area contributed by atoms with Crippen molar-refractivity contribution in [3.05, 3.63) is 65.5 Å². The van der Waals surface area contributed by atoms with Gasteiger partial charge >= 0.3 is 0 Å². The van der Waals surface area contributed by atoms with Crippen molar-refractivity contribution >= 4 is 35.6 Å². The standard InChI is InChI=1S/C24H32FN5O.HI/c1-26-24(30-12-10-29(11-13-30)23-8-6-22(25)7-9-23)27-18-20-4-2-3-5-21(20)19-28-14-16-31-17-15-28;/h2-9H,10-19H2,1H3,(H,26,27);1H. The molecule has 2 aromatic rings. The minimum absolute atomic E-state index is 0. The largest absolute Gasteiger partial charge is 0.379 e. The minimum atomic E-state index is -0.194. The Labute approximate surface area is 207 Å². The molecule has 2 aromatic carbocycles. The van der Waals surface area contributed by atoms with Gasteiger partial charge in [-0.2, -0.15) is 0 Å². The quantitative estimate of drug-likeness (QED) is 0.350. The van der Waals surface area contributed by atoms with Crippen LogP contribution in [0.5, 0.6) is 0 Å². The summed E-state index contributed by atoms with van der Waals surface area (Å²) in [7, 11) is 1.84. The van der Waals surface area contributed by atoms with Gasteiger partial charge in [-0.05, 0) is 35.4 Å². The summed E-state index contributed by atoms with van der Waals surface area (Å²) in [6.45, 7) is 8.86. The van der Waals surface area contributed by atoms with Crippen LogP contribution in [0.2, 0.25) is 0 Å². The van der Waals surface area contributed by atoms with Crippen LogP contribution in [0.3, 0.4) is 0 Å². The van der Waals surface area contributed by atoms with Gasteiger partial charge in [0.15, 0.2) is 5.96 Å². The zero-order valence-electron chi connectivity index (χ0n) is 18.7. The molecule has 2 fully saturated rings. The average molecular weight is 553 g/mol. The second kappa shape index (κ2) is 12.4. The van der Waals surface area contributed by atoms with Gasteiger partial charge in [0.05, 0.1) is 13.2 Å². The van der Waals surface area contributed by atoms with E-state index < -0.39 is 0 Å². The summed E-state index contributed by atoms with van der Waals surface area (Å²) in [5, 5.41) is 3.56. The molecule has 32 heavy (non-hydrogen) atoms. The normalized spacial score (nSPS) is 17.8. The van der Waals surface area contributed by atoms with Crippen LogP contribution >= 0.6 is 24.0 Å². The van der Waals surface area contributed by atoms with Gasteiger partial charge in [0, 0.05) is 65.1 Å². The number of nitrogens with one attached hydrogen (secondary N) is 1. The summed E-state index contributed by atoms with van der Waals surface area (Å²) in [6.07, 6.45) is 0. The Morgan fingerprint density at radius 1 is 0.938 bits per heavy atom. The highest BCUT2D eigenvalue weighted by Gasteiger charge is 2.20. The van der Waals surface area contributed by atoms with Crippen LogP contribution in [0.4, 0.5) is 10.1 Å². The average Bonchev–Trinajstić information content (AvgIpc) is 2.82.